The molecule has 0 saturated carbocycles. The van der Waals surface area contributed by atoms with Crippen LogP contribution in [0, 0.1) is 6.92 Å². The largest absolute Gasteiger partial charge is 0.357 e. The zero-order valence-electron chi connectivity index (χ0n) is 14.4. The molecule has 1 aliphatic rings. The van der Waals surface area contributed by atoms with Crippen LogP contribution in [0.1, 0.15) is 25.5 Å². The van der Waals surface area contributed by atoms with Crippen LogP contribution in [0.25, 0.3) is 5.52 Å². The summed E-state index contributed by atoms with van der Waals surface area (Å²) in [5.41, 5.74) is 1.79. The van der Waals surface area contributed by atoms with Gasteiger partial charge in [0.2, 0.25) is 0 Å². The standard InChI is InChI=1S/C17H21N7O/c1-3-23-15(6-7-19-23)22-9-4-5-13(17(22)25)20-16-14-11-12(2)21-24(14)10-8-18-16/h6-8,10-11,13H,3-5,9H2,1-2H3,(H,18,20)/t13-/m0/s1. The average Bonchev–Trinajstić information content (AvgIpc) is 3.22. The molecule has 1 saturated heterocycles. The fourth-order valence-corrected chi connectivity index (χ4v) is 3.36. The van der Waals surface area contributed by atoms with Crippen molar-refractivity contribution in [2.24, 2.45) is 0 Å². The third-order valence-corrected chi connectivity index (χ3v) is 4.53. The number of rotatable bonds is 4. The summed E-state index contributed by atoms with van der Waals surface area (Å²) in [4.78, 5) is 19.2. The summed E-state index contributed by atoms with van der Waals surface area (Å²) >= 11 is 0. The van der Waals surface area contributed by atoms with E-state index in [9.17, 15) is 4.79 Å². The summed E-state index contributed by atoms with van der Waals surface area (Å²) in [5.74, 6) is 1.60. The second kappa shape index (κ2) is 6.19. The van der Waals surface area contributed by atoms with E-state index in [1.807, 2.05) is 41.8 Å². The molecule has 3 aromatic heterocycles. The van der Waals surface area contributed by atoms with E-state index in [2.05, 4.69) is 20.5 Å². The molecular weight excluding hydrogens is 318 g/mol. The van der Waals surface area contributed by atoms with Crippen LogP contribution >= 0.6 is 0 Å². The van der Waals surface area contributed by atoms with Crippen LogP contribution in [0.4, 0.5) is 11.6 Å². The Balaban J connectivity index is 1.61. The maximum atomic E-state index is 13.0. The van der Waals surface area contributed by atoms with E-state index >= 15 is 0 Å². The summed E-state index contributed by atoms with van der Waals surface area (Å²) in [6.07, 6.45) is 6.95. The molecule has 1 atom stereocenters. The Bertz CT molecular complexity index is 913. The molecule has 1 aliphatic heterocycles. The Kier molecular flexibility index (Phi) is 3.87. The van der Waals surface area contributed by atoms with E-state index in [0.717, 1.165) is 36.4 Å². The Morgan fingerprint density at radius 1 is 1.36 bits per heavy atom. The Morgan fingerprint density at radius 3 is 3.08 bits per heavy atom. The van der Waals surface area contributed by atoms with Crippen LogP contribution in [-0.2, 0) is 11.3 Å². The zero-order chi connectivity index (χ0) is 17.4. The first-order valence-electron chi connectivity index (χ1n) is 8.58. The lowest BCUT2D eigenvalue weighted by Crippen LogP contribution is -2.48. The molecule has 8 heteroatoms. The fourth-order valence-electron chi connectivity index (χ4n) is 3.36. The fraction of sp³-hybridized carbons (Fsp3) is 0.412. The van der Waals surface area contributed by atoms with Gasteiger partial charge in [-0.3, -0.25) is 9.69 Å². The number of amides is 1. The van der Waals surface area contributed by atoms with Crippen LogP contribution in [0.15, 0.2) is 30.7 Å². The number of piperidine rings is 1. The van der Waals surface area contributed by atoms with Crippen LogP contribution in [0.3, 0.4) is 0 Å². The van der Waals surface area contributed by atoms with Crippen molar-refractivity contribution in [2.45, 2.75) is 39.3 Å². The highest BCUT2D eigenvalue weighted by atomic mass is 16.2. The van der Waals surface area contributed by atoms with E-state index in [4.69, 9.17) is 0 Å². The summed E-state index contributed by atoms with van der Waals surface area (Å²) in [6, 6.07) is 3.55. The lowest BCUT2D eigenvalue weighted by Gasteiger charge is -2.32. The second-order valence-corrected chi connectivity index (χ2v) is 6.23. The molecule has 4 heterocycles. The Labute approximate surface area is 145 Å². The third kappa shape index (κ3) is 2.73. The molecule has 8 nitrogen and oxygen atoms in total. The van der Waals surface area contributed by atoms with Gasteiger partial charge in [-0.2, -0.15) is 10.2 Å². The highest BCUT2D eigenvalue weighted by Gasteiger charge is 2.31. The predicted octanol–water partition coefficient (Wildman–Crippen LogP) is 1.86. The van der Waals surface area contributed by atoms with Crippen LogP contribution in [0.2, 0.25) is 0 Å². The minimum Gasteiger partial charge on any atom is -0.357 e. The van der Waals surface area contributed by atoms with Crippen LogP contribution in [0.5, 0.6) is 0 Å². The third-order valence-electron chi connectivity index (χ3n) is 4.53. The van der Waals surface area contributed by atoms with Crippen molar-refractivity contribution in [3.63, 3.8) is 0 Å². The van der Waals surface area contributed by atoms with E-state index in [1.165, 1.54) is 0 Å². The minimum atomic E-state index is -0.303. The molecule has 3 aromatic rings. The second-order valence-electron chi connectivity index (χ2n) is 6.23. The number of anilines is 2. The van der Waals surface area contributed by atoms with E-state index in [1.54, 1.807) is 16.9 Å². The topological polar surface area (TPSA) is 80.3 Å². The van der Waals surface area contributed by atoms with Crippen molar-refractivity contribution >= 4 is 23.1 Å². The minimum absolute atomic E-state index is 0.0569. The highest BCUT2D eigenvalue weighted by Crippen LogP contribution is 2.24. The molecule has 0 spiro atoms. The lowest BCUT2D eigenvalue weighted by molar-refractivity contribution is -0.120. The van der Waals surface area contributed by atoms with Crippen molar-refractivity contribution in [3.8, 4) is 0 Å². The molecule has 4 rings (SSSR count). The van der Waals surface area contributed by atoms with Crippen molar-refractivity contribution in [1.82, 2.24) is 24.4 Å². The first-order valence-corrected chi connectivity index (χ1v) is 8.58. The van der Waals surface area contributed by atoms with Gasteiger partial charge in [0.1, 0.15) is 17.4 Å². The van der Waals surface area contributed by atoms with Gasteiger partial charge >= 0.3 is 0 Å². The molecule has 0 bridgehead atoms. The molecule has 1 fully saturated rings. The molecule has 1 amide bonds. The van der Waals surface area contributed by atoms with Gasteiger partial charge in [0.25, 0.3) is 5.91 Å². The monoisotopic (exact) mass is 339 g/mol. The number of hydrogen-bond acceptors (Lipinski definition) is 5. The average molecular weight is 339 g/mol. The predicted molar refractivity (Wildman–Crippen MR) is 94.6 cm³/mol. The van der Waals surface area contributed by atoms with Crippen molar-refractivity contribution in [2.75, 3.05) is 16.8 Å². The van der Waals surface area contributed by atoms with Crippen molar-refractivity contribution in [3.05, 3.63) is 36.4 Å². The van der Waals surface area contributed by atoms with Gasteiger partial charge in [-0.25, -0.2) is 14.2 Å². The van der Waals surface area contributed by atoms with Crippen molar-refractivity contribution < 1.29 is 4.79 Å². The van der Waals surface area contributed by atoms with Gasteiger partial charge in [0.05, 0.1) is 11.9 Å². The summed E-state index contributed by atoms with van der Waals surface area (Å²) in [6.45, 7) is 5.41. The molecule has 0 aromatic carbocycles. The summed E-state index contributed by atoms with van der Waals surface area (Å²) in [5, 5.41) is 12.0. The first kappa shape index (κ1) is 15.6. The maximum Gasteiger partial charge on any atom is 0.250 e. The smallest absolute Gasteiger partial charge is 0.250 e. The number of nitrogens with one attached hydrogen (secondary N) is 1. The van der Waals surface area contributed by atoms with Crippen LogP contribution in [-0.4, -0.2) is 42.9 Å². The van der Waals surface area contributed by atoms with Crippen LogP contribution < -0.4 is 10.2 Å². The maximum absolute atomic E-state index is 13.0. The first-order chi connectivity index (χ1) is 12.2. The van der Waals surface area contributed by atoms with E-state index < -0.39 is 0 Å². The number of nitrogens with zero attached hydrogens (tertiary/aromatic N) is 6. The van der Waals surface area contributed by atoms with E-state index in [0.29, 0.717) is 12.4 Å². The number of hydrogen-bond donors (Lipinski definition) is 1. The molecule has 0 aliphatic carbocycles. The molecule has 1 N–H and O–H groups in total. The molecule has 0 unspecified atom stereocenters. The van der Waals surface area contributed by atoms with Crippen molar-refractivity contribution in [1.29, 1.82) is 0 Å². The SMILES string of the molecule is CCn1nccc1N1CCC[C@H](Nc2nccn3nc(C)cc23)C1=O. The molecule has 130 valence electrons. The molecule has 25 heavy (non-hydrogen) atoms. The number of fused-ring (bicyclic) bond motifs is 1. The normalized spacial score (nSPS) is 18.1. The van der Waals surface area contributed by atoms with Gasteiger partial charge in [-0.05, 0) is 32.8 Å². The lowest BCUT2D eigenvalue weighted by atomic mass is 10.0. The number of carbonyl (C=O) groups excluding carboxylic acids is 1. The summed E-state index contributed by atoms with van der Waals surface area (Å²) < 4.78 is 3.63. The number of aromatic nitrogens is 5. The highest BCUT2D eigenvalue weighted by molar-refractivity contribution is 5.99. The number of aryl methyl sites for hydroxylation is 2. The zero-order valence-corrected chi connectivity index (χ0v) is 14.4. The van der Waals surface area contributed by atoms with Gasteiger partial charge in [-0.1, -0.05) is 0 Å². The van der Waals surface area contributed by atoms with Gasteiger partial charge in [0.15, 0.2) is 5.82 Å². The van der Waals surface area contributed by atoms with Gasteiger partial charge in [0, 0.05) is 31.5 Å². The Morgan fingerprint density at radius 2 is 2.24 bits per heavy atom. The molecule has 0 radical (unpaired) electrons. The number of carbonyl (C=O) groups is 1. The molecular formula is C17H21N7O. The summed E-state index contributed by atoms with van der Waals surface area (Å²) in [7, 11) is 0. The quantitative estimate of drug-likeness (QED) is 0.785. The van der Waals surface area contributed by atoms with Gasteiger partial charge < -0.3 is 5.32 Å². The Hall–Kier alpha value is -2.90. The van der Waals surface area contributed by atoms with Gasteiger partial charge in [-0.15, -0.1) is 0 Å². The van der Waals surface area contributed by atoms with E-state index in [-0.39, 0.29) is 11.9 Å².